The Kier molecular flexibility index (Phi) is 5.03. The summed E-state index contributed by atoms with van der Waals surface area (Å²) in [6.07, 6.45) is 0.984. The normalized spacial score (nSPS) is 20.3. The molecule has 0 bridgehead atoms. The molecule has 6 heteroatoms. The molecule has 2 aliphatic rings. The molecule has 1 atom stereocenters. The highest BCUT2D eigenvalue weighted by Gasteiger charge is 2.33. The van der Waals surface area contributed by atoms with Gasteiger partial charge in [0.1, 0.15) is 6.04 Å². The van der Waals surface area contributed by atoms with Crippen LogP contribution in [0.15, 0.2) is 6.07 Å². The Morgan fingerprint density at radius 1 is 0.962 bits per heavy atom. The van der Waals surface area contributed by atoms with E-state index in [1.807, 2.05) is 32.6 Å². The van der Waals surface area contributed by atoms with Crippen molar-refractivity contribution < 1.29 is 14.4 Å². The number of carbonyl (C=O) groups is 3. The molecule has 0 radical (unpaired) electrons. The predicted octanol–water partition coefficient (Wildman–Crippen LogP) is 1.48. The van der Waals surface area contributed by atoms with E-state index in [0.717, 1.165) is 27.8 Å². The molecule has 0 saturated carbocycles. The summed E-state index contributed by atoms with van der Waals surface area (Å²) in [7, 11) is 0. The third-order valence-electron chi connectivity index (χ3n) is 5.75. The van der Waals surface area contributed by atoms with E-state index in [-0.39, 0.29) is 17.7 Å². The van der Waals surface area contributed by atoms with Gasteiger partial charge in [0, 0.05) is 38.2 Å². The molecular formula is C20H27N3O3. The van der Waals surface area contributed by atoms with Gasteiger partial charge >= 0.3 is 0 Å². The van der Waals surface area contributed by atoms with E-state index < -0.39 is 6.04 Å². The summed E-state index contributed by atoms with van der Waals surface area (Å²) >= 11 is 0. The second-order valence-electron chi connectivity index (χ2n) is 7.41. The molecule has 1 aromatic carbocycles. The zero-order valence-corrected chi connectivity index (χ0v) is 16.0. The summed E-state index contributed by atoms with van der Waals surface area (Å²) in [6, 6.07) is 1.72. The third-order valence-corrected chi connectivity index (χ3v) is 5.75. The minimum Gasteiger partial charge on any atom is -0.344 e. The standard InChI is InChI=1S/C20H27N3O3/c1-12-11-13(2)15(4)18(14(12)3)20(26)23-9-7-22(8-10-23)19(25)16-5-6-17(24)21-16/h11,16H,5-10H2,1-4H3,(H,21,24). The van der Waals surface area contributed by atoms with Crippen LogP contribution in [0.4, 0.5) is 0 Å². The van der Waals surface area contributed by atoms with Gasteiger partial charge in [-0.1, -0.05) is 6.07 Å². The quantitative estimate of drug-likeness (QED) is 0.872. The number of nitrogens with one attached hydrogen (secondary N) is 1. The highest BCUT2D eigenvalue weighted by atomic mass is 16.2. The summed E-state index contributed by atoms with van der Waals surface area (Å²) in [5.41, 5.74) is 5.12. The fraction of sp³-hybridized carbons (Fsp3) is 0.550. The van der Waals surface area contributed by atoms with E-state index >= 15 is 0 Å². The number of aryl methyl sites for hydroxylation is 2. The first-order chi connectivity index (χ1) is 12.3. The molecule has 0 aliphatic carbocycles. The smallest absolute Gasteiger partial charge is 0.254 e. The van der Waals surface area contributed by atoms with Gasteiger partial charge in [-0.3, -0.25) is 14.4 Å². The van der Waals surface area contributed by atoms with Crippen molar-refractivity contribution in [3.8, 4) is 0 Å². The molecule has 6 nitrogen and oxygen atoms in total. The van der Waals surface area contributed by atoms with Gasteiger partial charge in [0.25, 0.3) is 5.91 Å². The van der Waals surface area contributed by atoms with E-state index in [1.54, 1.807) is 4.90 Å². The lowest BCUT2D eigenvalue weighted by molar-refractivity contribution is -0.135. The minimum atomic E-state index is -0.395. The zero-order chi connectivity index (χ0) is 19.0. The molecule has 2 saturated heterocycles. The lowest BCUT2D eigenvalue weighted by Gasteiger charge is -2.36. The topological polar surface area (TPSA) is 69.7 Å². The number of nitrogens with zero attached hydrogens (tertiary/aromatic N) is 2. The lowest BCUT2D eigenvalue weighted by atomic mass is 9.93. The Bertz CT molecular complexity index is 738. The van der Waals surface area contributed by atoms with E-state index in [2.05, 4.69) is 11.4 Å². The molecule has 1 unspecified atom stereocenters. The van der Waals surface area contributed by atoms with Gasteiger partial charge in [0.2, 0.25) is 11.8 Å². The molecule has 26 heavy (non-hydrogen) atoms. The van der Waals surface area contributed by atoms with Crippen molar-refractivity contribution in [3.63, 3.8) is 0 Å². The summed E-state index contributed by atoms with van der Waals surface area (Å²) in [5, 5.41) is 2.73. The second-order valence-corrected chi connectivity index (χ2v) is 7.41. The molecule has 1 aromatic rings. The van der Waals surface area contributed by atoms with Gasteiger partial charge in [0.15, 0.2) is 0 Å². The van der Waals surface area contributed by atoms with Crippen LogP contribution in [-0.4, -0.2) is 59.7 Å². The van der Waals surface area contributed by atoms with Crippen molar-refractivity contribution in [2.24, 2.45) is 0 Å². The molecular weight excluding hydrogens is 330 g/mol. The number of benzene rings is 1. The fourth-order valence-electron chi connectivity index (χ4n) is 3.85. The van der Waals surface area contributed by atoms with Crippen LogP contribution in [0.2, 0.25) is 0 Å². The molecule has 2 heterocycles. The van der Waals surface area contributed by atoms with Crippen LogP contribution < -0.4 is 5.32 Å². The van der Waals surface area contributed by atoms with E-state index in [9.17, 15) is 14.4 Å². The van der Waals surface area contributed by atoms with Gasteiger partial charge < -0.3 is 15.1 Å². The SMILES string of the molecule is Cc1cc(C)c(C)c(C(=O)N2CCN(C(=O)C3CCC(=O)N3)CC2)c1C. The second kappa shape index (κ2) is 7.09. The fourth-order valence-corrected chi connectivity index (χ4v) is 3.85. The number of hydrogen-bond acceptors (Lipinski definition) is 3. The maximum atomic E-state index is 13.1. The number of piperazine rings is 1. The van der Waals surface area contributed by atoms with Crippen LogP contribution in [0.1, 0.15) is 45.5 Å². The van der Waals surface area contributed by atoms with Gasteiger partial charge in [0.05, 0.1) is 0 Å². The molecule has 1 N–H and O–H groups in total. The molecule has 140 valence electrons. The van der Waals surface area contributed by atoms with E-state index in [0.29, 0.717) is 39.0 Å². The van der Waals surface area contributed by atoms with Crippen molar-refractivity contribution in [1.82, 2.24) is 15.1 Å². The van der Waals surface area contributed by atoms with E-state index in [4.69, 9.17) is 0 Å². The Morgan fingerprint density at radius 2 is 1.50 bits per heavy atom. The van der Waals surface area contributed by atoms with Gasteiger partial charge in [-0.15, -0.1) is 0 Å². The van der Waals surface area contributed by atoms with Crippen LogP contribution in [-0.2, 0) is 9.59 Å². The highest BCUT2D eigenvalue weighted by molar-refractivity contribution is 5.98. The average Bonchev–Trinajstić information content (AvgIpc) is 3.06. The van der Waals surface area contributed by atoms with Crippen molar-refractivity contribution in [3.05, 3.63) is 33.9 Å². The Hall–Kier alpha value is -2.37. The van der Waals surface area contributed by atoms with Crippen molar-refractivity contribution in [2.45, 2.75) is 46.6 Å². The zero-order valence-electron chi connectivity index (χ0n) is 16.0. The number of rotatable bonds is 2. The molecule has 0 spiro atoms. The largest absolute Gasteiger partial charge is 0.344 e. The number of hydrogen-bond donors (Lipinski definition) is 1. The van der Waals surface area contributed by atoms with Crippen molar-refractivity contribution in [1.29, 1.82) is 0 Å². The predicted molar refractivity (Wildman–Crippen MR) is 99.0 cm³/mol. The van der Waals surface area contributed by atoms with Crippen LogP contribution in [0, 0.1) is 27.7 Å². The summed E-state index contributed by atoms with van der Waals surface area (Å²) in [5.74, 6) is -0.0345. The Balaban J connectivity index is 1.68. The highest BCUT2D eigenvalue weighted by Crippen LogP contribution is 2.24. The Labute approximate surface area is 154 Å². The summed E-state index contributed by atoms with van der Waals surface area (Å²) < 4.78 is 0. The van der Waals surface area contributed by atoms with Crippen molar-refractivity contribution in [2.75, 3.05) is 26.2 Å². The van der Waals surface area contributed by atoms with Gasteiger partial charge in [-0.2, -0.15) is 0 Å². The minimum absolute atomic E-state index is 0.0262. The van der Waals surface area contributed by atoms with Gasteiger partial charge in [-0.05, 0) is 56.4 Å². The van der Waals surface area contributed by atoms with E-state index in [1.165, 1.54) is 0 Å². The monoisotopic (exact) mass is 357 g/mol. The van der Waals surface area contributed by atoms with Crippen LogP contribution in [0.3, 0.4) is 0 Å². The number of amides is 3. The summed E-state index contributed by atoms with van der Waals surface area (Å²) in [4.78, 5) is 40.5. The van der Waals surface area contributed by atoms with Crippen LogP contribution in [0.5, 0.6) is 0 Å². The molecule has 2 aliphatic heterocycles. The first-order valence-corrected chi connectivity index (χ1v) is 9.24. The first kappa shape index (κ1) is 18.4. The van der Waals surface area contributed by atoms with Crippen molar-refractivity contribution >= 4 is 17.7 Å². The molecule has 3 amide bonds. The van der Waals surface area contributed by atoms with Crippen LogP contribution in [0.25, 0.3) is 0 Å². The van der Waals surface area contributed by atoms with Gasteiger partial charge in [-0.25, -0.2) is 0 Å². The lowest BCUT2D eigenvalue weighted by Crippen LogP contribution is -2.54. The maximum Gasteiger partial charge on any atom is 0.254 e. The number of carbonyl (C=O) groups excluding carboxylic acids is 3. The third kappa shape index (κ3) is 3.32. The maximum absolute atomic E-state index is 13.1. The van der Waals surface area contributed by atoms with Crippen LogP contribution >= 0.6 is 0 Å². The Morgan fingerprint density at radius 3 is 2.00 bits per heavy atom. The summed E-state index contributed by atoms with van der Waals surface area (Å²) in [6.45, 7) is 10.1. The first-order valence-electron chi connectivity index (χ1n) is 9.24. The molecule has 2 fully saturated rings. The molecule has 3 rings (SSSR count). The molecule has 0 aromatic heterocycles. The average molecular weight is 357 g/mol.